The topological polar surface area (TPSA) is 122 Å². The molecule has 7 nitrogen and oxygen atoms in total. The van der Waals surface area contributed by atoms with E-state index >= 15 is 0 Å². The molecule has 0 aromatic heterocycles. The molecule has 0 radical (unpaired) electrons. The molecule has 3 rings (SSSR count). The third-order valence-corrected chi connectivity index (χ3v) is 6.55. The Balaban J connectivity index is 1.99. The van der Waals surface area contributed by atoms with Gasteiger partial charge in [-0.2, -0.15) is 0 Å². The smallest absolute Gasteiger partial charge is 0.249 e. The van der Waals surface area contributed by atoms with E-state index in [9.17, 15) is 27.1 Å². The Bertz CT molecular complexity index is 1350. The standard InChI is InChI=1S/C27H31F2N3O4S/c1-3-17-6-4-7-18(10-17)15-31-16-25(33)23(13-19-11-20(28)14-21(29)12-19)26-22(27(30)34)8-5-9-24(26)32-37(2,35)36/h4-12,14,23,25,31-33H,3,13,15-16H2,1-2H3,(H2,30,34)/t23-,25+/m1/s1. The second-order valence-electron chi connectivity index (χ2n) is 8.97. The van der Waals surface area contributed by atoms with Gasteiger partial charge in [0.05, 0.1) is 18.0 Å². The van der Waals surface area contributed by atoms with E-state index in [1.165, 1.54) is 18.2 Å². The first-order chi connectivity index (χ1) is 17.5. The number of hydrogen-bond donors (Lipinski definition) is 4. The first-order valence-corrected chi connectivity index (χ1v) is 13.7. The van der Waals surface area contributed by atoms with Gasteiger partial charge in [-0.3, -0.25) is 9.52 Å². The highest BCUT2D eigenvalue weighted by Gasteiger charge is 2.29. The van der Waals surface area contributed by atoms with Crippen LogP contribution in [0.1, 0.15) is 45.5 Å². The number of benzene rings is 3. The average molecular weight is 532 g/mol. The third-order valence-electron chi connectivity index (χ3n) is 5.96. The molecular formula is C27H31F2N3O4S. The van der Waals surface area contributed by atoms with Crippen LogP contribution in [-0.2, 0) is 29.4 Å². The average Bonchev–Trinajstić information content (AvgIpc) is 2.81. The fraction of sp³-hybridized carbons (Fsp3) is 0.296. The number of aliphatic hydroxyl groups is 1. The molecule has 198 valence electrons. The molecule has 0 saturated carbocycles. The van der Waals surface area contributed by atoms with E-state index < -0.39 is 39.6 Å². The number of hydrogen-bond acceptors (Lipinski definition) is 5. The van der Waals surface area contributed by atoms with Crippen molar-refractivity contribution in [1.29, 1.82) is 0 Å². The number of aliphatic hydroxyl groups excluding tert-OH is 1. The van der Waals surface area contributed by atoms with E-state index in [0.29, 0.717) is 6.54 Å². The van der Waals surface area contributed by atoms with Crippen LogP contribution in [-0.4, -0.2) is 38.3 Å². The van der Waals surface area contributed by atoms with Crippen LogP contribution in [0.4, 0.5) is 14.5 Å². The highest BCUT2D eigenvalue weighted by atomic mass is 32.2. The predicted octanol–water partition coefficient (Wildman–Crippen LogP) is 3.47. The second kappa shape index (κ2) is 12.3. The van der Waals surface area contributed by atoms with Crippen LogP contribution in [0.3, 0.4) is 0 Å². The van der Waals surface area contributed by atoms with E-state index in [-0.39, 0.29) is 35.3 Å². The van der Waals surface area contributed by atoms with Gasteiger partial charge >= 0.3 is 0 Å². The van der Waals surface area contributed by atoms with Crippen molar-refractivity contribution < 1.29 is 27.1 Å². The maximum absolute atomic E-state index is 14.0. The lowest BCUT2D eigenvalue weighted by atomic mass is 9.83. The summed E-state index contributed by atoms with van der Waals surface area (Å²) < 4.78 is 54.4. The lowest BCUT2D eigenvalue weighted by molar-refractivity contribution is 0.0995. The highest BCUT2D eigenvalue weighted by molar-refractivity contribution is 7.92. The van der Waals surface area contributed by atoms with Crippen molar-refractivity contribution in [3.8, 4) is 0 Å². The predicted molar refractivity (Wildman–Crippen MR) is 140 cm³/mol. The van der Waals surface area contributed by atoms with E-state index in [1.54, 1.807) is 0 Å². The fourth-order valence-corrected chi connectivity index (χ4v) is 4.93. The molecule has 0 unspecified atom stereocenters. The van der Waals surface area contributed by atoms with Gasteiger partial charge in [-0.05, 0) is 59.4 Å². The molecule has 3 aromatic rings. The number of nitrogens with one attached hydrogen (secondary N) is 2. The molecule has 0 fully saturated rings. The number of nitrogens with two attached hydrogens (primary N) is 1. The summed E-state index contributed by atoms with van der Waals surface area (Å²) in [5.74, 6) is -3.37. The van der Waals surface area contributed by atoms with Gasteiger partial charge < -0.3 is 16.2 Å². The van der Waals surface area contributed by atoms with Gasteiger partial charge in [-0.25, -0.2) is 17.2 Å². The summed E-state index contributed by atoms with van der Waals surface area (Å²) in [4.78, 5) is 12.3. The number of carbonyl (C=O) groups is 1. The van der Waals surface area contributed by atoms with E-state index in [1.807, 2.05) is 24.3 Å². The van der Waals surface area contributed by atoms with Gasteiger partial charge in [0.15, 0.2) is 0 Å². The second-order valence-corrected chi connectivity index (χ2v) is 10.7. The van der Waals surface area contributed by atoms with Crippen molar-refractivity contribution >= 4 is 21.6 Å². The summed E-state index contributed by atoms with van der Waals surface area (Å²) in [6.07, 6.45) is 0.558. The molecule has 0 aliphatic rings. The van der Waals surface area contributed by atoms with Gasteiger partial charge in [0, 0.05) is 30.6 Å². The van der Waals surface area contributed by atoms with Gasteiger partial charge in [-0.15, -0.1) is 0 Å². The number of sulfonamides is 1. The number of anilines is 1. The van der Waals surface area contributed by atoms with Crippen molar-refractivity contribution in [2.75, 3.05) is 17.5 Å². The van der Waals surface area contributed by atoms with Crippen LogP contribution in [0.15, 0.2) is 60.7 Å². The lowest BCUT2D eigenvalue weighted by Crippen LogP contribution is -2.34. The summed E-state index contributed by atoms with van der Waals surface area (Å²) >= 11 is 0. The van der Waals surface area contributed by atoms with E-state index in [4.69, 9.17) is 5.73 Å². The van der Waals surface area contributed by atoms with E-state index in [2.05, 4.69) is 17.0 Å². The first-order valence-electron chi connectivity index (χ1n) is 11.8. The van der Waals surface area contributed by atoms with Gasteiger partial charge in [0.1, 0.15) is 11.6 Å². The molecule has 0 aliphatic carbocycles. The van der Waals surface area contributed by atoms with Crippen molar-refractivity contribution in [3.63, 3.8) is 0 Å². The Morgan fingerprint density at radius 3 is 2.27 bits per heavy atom. The molecule has 0 bridgehead atoms. The lowest BCUT2D eigenvalue weighted by Gasteiger charge is -2.28. The number of rotatable bonds is 12. The van der Waals surface area contributed by atoms with Crippen LogP contribution in [0.25, 0.3) is 0 Å². The number of amides is 1. The largest absolute Gasteiger partial charge is 0.391 e. The van der Waals surface area contributed by atoms with Crippen molar-refractivity contribution in [2.24, 2.45) is 5.73 Å². The van der Waals surface area contributed by atoms with Crippen molar-refractivity contribution in [3.05, 3.63) is 100 Å². The summed E-state index contributed by atoms with van der Waals surface area (Å²) in [7, 11) is -3.77. The van der Waals surface area contributed by atoms with Gasteiger partial charge in [-0.1, -0.05) is 37.3 Å². The molecule has 0 saturated heterocycles. The van der Waals surface area contributed by atoms with Crippen LogP contribution < -0.4 is 15.8 Å². The van der Waals surface area contributed by atoms with Crippen LogP contribution in [0.2, 0.25) is 0 Å². The summed E-state index contributed by atoms with van der Waals surface area (Å²) in [5, 5.41) is 14.5. The zero-order valence-corrected chi connectivity index (χ0v) is 21.5. The molecule has 2 atom stereocenters. The molecule has 0 spiro atoms. The summed E-state index contributed by atoms with van der Waals surface area (Å²) in [6, 6.07) is 15.3. The van der Waals surface area contributed by atoms with Crippen molar-refractivity contribution in [2.45, 2.75) is 38.3 Å². The summed E-state index contributed by atoms with van der Waals surface area (Å²) in [5.41, 5.74) is 8.18. The third kappa shape index (κ3) is 8.08. The molecule has 0 heterocycles. The molecular weight excluding hydrogens is 500 g/mol. The Labute approximate surface area is 215 Å². The molecule has 1 amide bonds. The first kappa shape index (κ1) is 28.2. The Morgan fingerprint density at radius 2 is 1.65 bits per heavy atom. The van der Waals surface area contributed by atoms with E-state index in [0.717, 1.165) is 42.0 Å². The minimum atomic E-state index is -3.77. The monoisotopic (exact) mass is 531 g/mol. The Hall–Kier alpha value is -3.34. The number of carbonyl (C=O) groups excluding carboxylic acids is 1. The quantitative estimate of drug-likeness (QED) is 0.285. The zero-order valence-electron chi connectivity index (χ0n) is 20.7. The fourth-order valence-electron chi connectivity index (χ4n) is 4.35. The molecule has 0 aliphatic heterocycles. The van der Waals surface area contributed by atoms with Gasteiger partial charge in [0.25, 0.3) is 0 Å². The maximum atomic E-state index is 14.0. The van der Waals surface area contributed by atoms with Crippen LogP contribution in [0.5, 0.6) is 0 Å². The zero-order chi connectivity index (χ0) is 27.2. The molecule has 5 N–H and O–H groups in total. The normalized spacial score (nSPS) is 13.2. The minimum absolute atomic E-state index is 0.00905. The number of aryl methyl sites for hydroxylation is 1. The van der Waals surface area contributed by atoms with Crippen molar-refractivity contribution in [1.82, 2.24) is 5.32 Å². The van der Waals surface area contributed by atoms with Crippen LogP contribution in [0, 0.1) is 11.6 Å². The molecule has 3 aromatic carbocycles. The van der Waals surface area contributed by atoms with Gasteiger partial charge in [0.2, 0.25) is 15.9 Å². The Kier molecular flexibility index (Phi) is 9.36. The summed E-state index contributed by atoms with van der Waals surface area (Å²) in [6.45, 7) is 2.54. The molecule has 37 heavy (non-hydrogen) atoms. The highest BCUT2D eigenvalue weighted by Crippen LogP contribution is 2.34. The Morgan fingerprint density at radius 1 is 1.00 bits per heavy atom. The number of halogens is 2. The van der Waals surface area contributed by atoms with Crippen LogP contribution >= 0.6 is 0 Å². The molecule has 10 heteroatoms. The number of primary amides is 1. The maximum Gasteiger partial charge on any atom is 0.249 e. The minimum Gasteiger partial charge on any atom is -0.391 e. The SMILES string of the molecule is CCc1cccc(CNC[C@H](O)[C@@H](Cc2cc(F)cc(F)c2)c2c(NS(C)(=O)=O)cccc2C(N)=O)c1.